The number of nitrogens with two attached hydrogens (primary N) is 1. The molecule has 0 aromatic carbocycles. The van der Waals surface area contributed by atoms with Crippen LogP contribution in [0.25, 0.3) is 0 Å². The Labute approximate surface area is 211 Å². The van der Waals surface area contributed by atoms with Crippen molar-refractivity contribution in [2.45, 2.75) is 100 Å². The average Bonchev–Trinajstić information content (AvgIpc) is 2.77. The van der Waals surface area contributed by atoms with E-state index in [0.717, 1.165) is 23.1 Å². The molecule has 4 nitrogen and oxygen atoms in total. The van der Waals surface area contributed by atoms with Gasteiger partial charge in [-0.05, 0) is 96.2 Å². The molecule has 5 aliphatic carbocycles. The van der Waals surface area contributed by atoms with Crippen LogP contribution in [0.5, 0.6) is 0 Å². The lowest BCUT2D eigenvalue weighted by Crippen LogP contribution is -2.66. The highest BCUT2D eigenvalue weighted by Crippen LogP contribution is 2.79. The molecule has 3 saturated carbocycles. The maximum absolute atomic E-state index is 12.6. The number of ketones is 1. The van der Waals surface area contributed by atoms with E-state index < -0.39 is 0 Å². The molecule has 5 rings (SSSR count). The third-order valence-corrected chi connectivity index (χ3v) is 12.0. The quantitative estimate of drug-likeness (QED) is 0.363. The van der Waals surface area contributed by atoms with Gasteiger partial charge in [0.25, 0.3) is 0 Å². The van der Waals surface area contributed by atoms with Crippen LogP contribution < -0.4 is 5.73 Å². The zero-order valence-corrected chi connectivity index (χ0v) is 23.1. The second-order valence-corrected chi connectivity index (χ2v) is 13.9. The van der Waals surface area contributed by atoms with Crippen molar-refractivity contribution in [2.24, 2.45) is 38.2 Å². The molecule has 0 bridgehead atoms. The Balaban J connectivity index is 0.000000917. The van der Waals surface area contributed by atoms with Gasteiger partial charge >= 0.3 is 0 Å². The number of aliphatic hydroxyl groups excluding tert-OH is 1. The van der Waals surface area contributed by atoms with E-state index in [1.807, 2.05) is 6.92 Å². The largest absolute Gasteiger partial charge is 0.504 e. The van der Waals surface area contributed by atoms with Crippen molar-refractivity contribution in [1.29, 1.82) is 0 Å². The average molecular weight is 480 g/mol. The molecule has 35 heavy (non-hydrogen) atoms. The number of hydrogen-bond donors (Lipinski definition) is 2. The van der Waals surface area contributed by atoms with Gasteiger partial charge in [-0.3, -0.25) is 9.59 Å². The molecule has 192 valence electrons. The minimum atomic E-state index is -0.229. The van der Waals surface area contributed by atoms with Crippen LogP contribution in [0.15, 0.2) is 46.3 Å². The summed E-state index contributed by atoms with van der Waals surface area (Å²) in [5.41, 5.74) is 9.89. The molecule has 0 heterocycles. The number of allylic oxidation sites excluding steroid dienone is 7. The summed E-state index contributed by atoms with van der Waals surface area (Å²) in [4.78, 5) is 21.2. The predicted molar refractivity (Wildman–Crippen MR) is 141 cm³/mol. The minimum absolute atomic E-state index is 0.0855. The fourth-order valence-electron chi connectivity index (χ4n) is 9.33. The van der Waals surface area contributed by atoms with Crippen molar-refractivity contribution in [3.63, 3.8) is 0 Å². The predicted octanol–water partition coefficient (Wildman–Crippen LogP) is 7.12. The van der Waals surface area contributed by atoms with Crippen LogP contribution in [-0.4, -0.2) is 17.3 Å². The van der Waals surface area contributed by atoms with Gasteiger partial charge < -0.3 is 10.8 Å². The molecule has 5 aliphatic rings. The molecule has 1 amide bonds. The molecule has 0 saturated heterocycles. The first-order valence-corrected chi connectivity index (χ1v) is 13.3. The Morgan fingerprint density at radius 1 is 0.886 bits per heavy atom. The highest BCUT2D eigenvalue weighted by molar-refractivity contribution is 6.06. The standard InChI is InChI=1S/C30H42O2.CH3NO/c1-19-20-9-10-23-27(5,21(20)17-22(31)24(19)32)14-16-29(7)28(23,6)15-13-26(4)12-11-25(2,3)18-30(26,29)8;2-1-3/h9-10,17,32H,11-16,18H2,1-8H3;1H,(H2,2,3)/t26-,27+,28-,29?,30-;/m1./s1. The summed E-state index contributed by atoms with van der Waals surface area (Å²) in [5, 5.41) is 10.3. The number of carbonyl (C=O) groups excluding carboxylic acids is 2. The van der Waals surface area contributed by atoms with E-state index in [1.165, 1.54) is 44.1 Å². The minimum Gasteiger partial charge on any atom is -0.504 e. The third-order valence-electron chi connectivity index (χ3n) is 12.0. The number of rotatable bonds is 0. The van der Waals surface area contributed by atoms with Gasteiger partial charge in [-0.15, -0.1) is 0 Å². The molecule has 4 heteroatoms. The Bertz CT molecular complexity index is 1110. The third kappa shape index (κ3) is 3.17. The summed E-state index contributed by atoms with van der Waals surface area (Å²) in [6, 6.07) is 0. The van der Waals surface area contributed by atoms with Gasteiger partial charge in [0.1, 0.15) is 0 Å². The molecule has 3 fully saturated rings. The van der Waals surface area contributed by atoms with Crippen molar-refractivity contribution in [3.8, 4) is 0 Å². The number of amides is 1. The number of fused-ring (bicyclic) bond motifs is 7. The van der Waals surface area contributed by atoms with Gasteiger partial charge in [-0.25, -0.2) is 0 Å². The Kier molecular flexibility index (Phi) is 5.71. The zero-order chi connectivity index (χ0) is 26.2. The summed E-state index contributed by atoms with van der Waals surface area (Å²) in [5.74, 6) is -0.314. The first-order chi connectivity index (χ1) is 16.1. The van der Waals surface area contributed by atoms with Crippen molar-refractivity contribution >= 4 is 12.2 Å². The topological polar surface area (TPSA) is 80.4 Å². The van der Waals surface area contributed by atoms with Crippen LogP contribution in [0, 0.1) is 32.5 Å². The normalized spacial score (nSPS) is 43.7. The van der Waals surface area contributed by atoms with Gasteiger partial charge in [0.05, 0.1) is 0 Å². The number of hydrogen-bond acceptors (Lipinski definition) is 3. The fraction of sp³-hybridized carbons (Fsp3) is 0.677. The highest BCUT2D eigenvalue weighted by atomic mass is 16.3. The van der Waals surface area contributed by atoms with E-state index in [9.17, 15) is 9.90 Å². The molecule has 5 atom stereocenters. The molecular weight excluding hydrogens is 434 g/mol. The van der Waals surface area contributed by atoms with Crippen LogP contribution in [0.2, 0.25) is 0 Å². The van der Waals surface area contributed by atoms with Gasteiger partial charge in [-0.1, -0.05) is 66.2 Å². The molecule has 0 aromatic heterocycles. The SMILES string of the molecule is CC1=C(O)C(=O)C=C2C1=CC=C1[C@@]2(C)CCC2(C)[C@]3(C)CC(C)(C)CC[C@]3(C)CC[C@]12C.NC=O. The van der Waals surface area contributed by atoms with E-state index in [4.69, 9.17) is 4.79 Å². The lowest BCUT2D eigenvalue weighted by molar-refractivity contribution is -0.222. The van der Waals surface area contributed by atoms with Gasteiger partial charge in [-0.2, -0.15) is 0 Å². The van der Waals surface area contributed by atoms with Crippen LogP contribution in [-0.2, 0) is 9.59 Å². The molecule has 1 unspecified atom stereocenters. The summed E-state index contributed by atoms with van der Waals surface area (Å²) in [6.07, 6.45) is 15.3. The van der Waals surface area contributed by atoms with Crippen LogP contribution >= 0.6 is 0 Å². The van der Waals surface area contributed by atoms with Gasteiger partial charge in [0.15, 0.2) is 5.76 Å². The lowest BCUT2D eigenvalue weighted by atomic mass is 9.29. The molecule has 3 N–H and O–H groups in total. The molecule has 0 radical (unpaired) electrons. The molecule has 0 aromatic rings. The molecule has 0 aliphatic heterocycles. The number of aliphatic hydroxyl groups is 1. The van der Waals surface area contributed by atoms with Crippen LogP contribution in [0.1, 0.15) is 100 Å². The maximum Gasteiger partial charge on any atom is 0.220 e. The van der Waals surface area contributed by atoms with E-state index >= 15 is 0 Å². The van der Waals surface area contributed by atoms with E-state index in [0.29, 0.717) is 10.8 Å². The molecule has 0 spiro atoms. The Morgan fingerprint density at radius 2 is 1.49 bits per heavy atom. The van der Waals surface area contributed by atoms with E-state index in [1.54, 1.807) is 6.08 Å². The van der Waals surface area contributed by atoms with E-state index in [2.05, 4.69) is 66.4 Å². The Hall–Kier alpha value is -2.10. The summed E-state index contributed by atoms with van der Waals surface area (Å²) in [6.45, 7) is 19.6. The van der Waals surface area contributed by atoms with Crippen molar-refractivity contribution in [2.75, 3.05) is 0 Å². The first-order valence-electron chi connectivity index (χ1n) is 13.3. The van der Waals surface area contributed by atoms with Gasteiger partial charge in [0, 0.05) is 11.0 Å². The second-order valence-electron chi connectivity index (χ2n) is 13.9. The zero-order valence-electron chi connectivity index (χ0n) is 23.1. The number of primary amides is 1. The Morgan fingerprint density at radius 3 is 2.11 bits per heavy atom. The van der Waals surface area contributed by atoms with Crippen molar-refractivity contribution < 1.29 is 14.7 Å². The summed E-state index contributed by atoms with van der Waals surface area (Å²) < 4.78 is 0. The number of carbonyl (C=O) groups is 2. The van der Waals surface area contributed by atoms with E-state index in [-0.39, 0.29) is 39.6 Å². The monoisotopic (exact) mass is 479 g/mol. The first kappa shape index (κ1) is 26.0. The van der Waals surface area contributed by atoms with Crippen LogP contribution in [0.4, 0.5) is 0 Å². The van der Waals surface area contributed by atoms with Crippen molar-refractivity contribution in [3.05, 3.63) is 46.3 Å². The fourth-order valence-corrected chi connectivity index (χ4v) is 9.33. The summed E-state index contributed by atoms with van der Waals surface area (Å²) >= 11 is 0. The lowest BCUT2D eigenvalue weighted by Gasteiger charge is -2.74. The highest BCUT2D eigenvalue weighted by Gasteiger charge is 2.71. The van der Waals surface area contributed by atoms with Gasteiger partial charge in [0.2, 0.25) is 12.2 Å². The second kappa shape index (κ2) is 7.70. The molecular formula is C31H45NO3. The van der Waals surface area contributed by atoms with Crippen molar-refractivity contribution in [1.82, 2.24) is 0 Å². The maximum atomic E-state index is 12.6. The smallest absolute Gasteiger partial charge is 0.220 e. The van der Waals surface area contributed by atoms with Crippen LogP contribution in [0.3, 0.4) is 0 Å². The summed E-state index contributed by atoms with van der Waals surface area (Å²) in [7, 11) is 0.